The molecule has 1 aromatic carbocycles. The number of hydrazine groups is 1. The van der Waals surface area contributed by atoms with Gasteiger partial charge in [0.1, 0.15) is 5.82 Å². The molecule has 2 aromatic rings. The molecule has 2 rings (SSSR count). The summed E-state index contributed by atoms with van der Waals surface area (Å²) in [5.41, 5.74) is 5.66. The molecule has 0 radical (unpaired) electrons. The van der Waals surface area contributed by atoms with E-state index in [0.717, 1.165) is 16.7 Å². The Labute approximate surface area is 113 Å². The number of hydrogen-bond acceptors (Lipinski definition) is 3. The molecule has 96 valence electrons. The van der Waals surface area contributed by atoms with Crippen LogP contribution in [0.3, 0.4) is 0 Å². The summed E-state index contributed by atoms with van der Waals surface area (Å²) < 4.78 is 18.9. The lowest BCUT2D eigenvalue weighted by Crippen LogP contribution is -2.29. The molecule has 0 fully saturated rings. The zero-order valence-electron chi connectivity index (χ0n) is 9.91. The molecule has 18 heavy (non-hydrogen) atoms. The third-order valence-corrected chi connectivity index (χ3v) is 3.60. The van der Waals surface area contributed by atoms with Gasteiger partial charge in [0.2, 0.25) is 0 Å². The van der Waals surface area contributed by atoms with Gasteiger partial charge in [-0.1, -0.05) is 6.07 Å². The average Bonchev–Trinajstić information content (AvgIpc) is 2.75. The van der Waals surface area contributed by atoms with Crippen LogP contribution >= 0.6 is 15.9 Å². The third kappa shape index (κ3) is 2.80. The summed E-state index contributed by atoms with van der Waals surface area (Å²) in [5, 5.41) is 0. The molecule has 0 saturated heterocycles. The van der Waals surface area contributed by atoms with Gasteiger partial charge in [-0.3, -0.25) is 11.3 Å². The average molecular weight is 313 g/mol. The van der Waals surface area contributed by atoms with Gasteiger partial charge in [-0.25, -0.2) is 4.39 Å². The Kier molecular flexibility index (Phi) is 4.16. The Bertz CT molecular complexity index is 542. The highest BCUT2D eigenvalue weighted by Crippen LogP contribution is 2.27. The molecule has 1 atom stereocenters. The fraction of sp³-hybridized carbons (Fsp3) is 0.231. The van der Waals surface area contributed by atoms with Crippen molar-refractivity contribution in [1.82, 2.24) is 5.43 Å². The van der Waals surface area contributed by atoms with Crippen LogP contribution in [0, 0.1) is 12.7 Å². The van der Waals surface area contributed by atoms with Crippen LogP contribution in [-0.2, 0) is 6.42 Å². The van der Waals surface area contributed by atoms with Gasteiger partial charge in [0.15, 0.2) is 4.67 Å². The Morgan fingerprint density at radius 2 is 2.22 bits per heavy atom. The molecule has 1 aromatic heterocycles. The molecular formula is C13H14BrFN2O. The van der Waals surface area contributed by atoms with Gasteiger partial charge in [-0.05, 0) is 58.6 Å². The minimum atomic E-state index is -0.224. The monoisotopic (exact) mass is 312 g/mol. The first-order chi connectivity index (χ1) is 8.61. The SMILES string of the molecule is Cc1cc(F)ccc1CC(NN)c1ccoc1Br. The highest BCUT2D eigenvalue weighted by Gasteiger charge is 2.16. The van der Waals surface area contributed by atoms with E-state index < -0.39 is 0 Å². The number of benzene rings is 1. The lowest BCUT2D eigenvalue weighted by Gasteiger charge is -2.16. The largest absolute Gasteiger partial charge is 0.457 e. The molecule has 3 nitrogen and oxygen atoms in total. The normalized spacial score (nSPS) is 12.7. The topological polar surface area (TPSA) is 51.2 Å². The van der Waals surface area contributed by atoms with E-state index in [0.29, 0.717) is 11.1 Å². The van der Waals surface area contributed by atoms with Crippen LogP contribution in [0.1, 0.15) is 22.7 Å². The predicted octanol–water partition coefficient (Wildman–Crippen LogP) is 3.24. The summed E-state index contributed by atoms with van der Waals surface area (Å²) in [6.07, 6.45) is 2.27. The van der Waals surface area contributed by atoms with E-state index in [9.17, 15) is 4.39 Å². The first kappa shape index (κ1) is 13.3. The molecule has 0 aliphatic rings. The summed E-state index contributed by atoms with van der Waals surface area (Å²) in [7, 11) is 0. The van der Waals surface area contributed by atoms with Crippen molar-refractivity contribution in [3.63, 3.8) is 0 Å². The number of furan rings is 1. The molecule has 0 spiro atoms. The van der Waals surface area contributed by atoms with Crippen LogP contribution < -0.4 is 11.3 Å². The molecule has 1 heterocycles. The van der Waals surface area contributed by atoms with E-state index in [1.165, 1.54) is 12.1 Å². The summed E-state index contributed by atoms with van der Waals surface area (Å²) in [6.45, 7) is 1.89. The van der Waals surface area contributed by atoms with Gasteiger partial charge in [0.25, 0.3) is 0 Å². The van der Waals surface area contributed by atoms with Gasteiger partial charge in [0.05, 0.1) is 12.3 Å². The summed E-state index contributed by atoms with van der Waals surface area (Å²) in [4.78, 5) is 0. The molecule has 0 amide bonds. The predicted molar refractivity (Wildman–Crippen MR) is 71.3 cm³/mol. The van der Waals surface area contributed by atoms with Crippen LogP contribution in [-0.4, -0.2) is 0 Å². The van der Waals surface area contributed by atoms with Crippen LogP contribution in [0.25, 0.3) is 0 Å². The number of nitrogens with one attached hydrogen (secondary N) is 1. The standard InChI is InChI=1S/C13H14BrFN2O/c1-8-6-10(15)3-2-9(8)7-12(17-16)11-4-5-18-13(11)14/h2-6,12,17H,7,16H2,1H3. The van der Waals surface area contributed by atoms with Gasteiger partial charge in [0, 0.05) is 5.56 Å². The Morgan fingerprint density at radius 1 is 1.44 bits per heavy atom. The van der Waals surface area contributed by atoms with Gasteiger partial charge < -0.3 is 4.42 Å². The molecule has 5 heteroatoms. The van der Waals surface area contributed by atoms with Crippen molar-refractivity contribution < 1.29 is 8.81 Å². The Hall–Kier alpha value is -1.17. The lowest BCUT2D eigenvalue weighted by molar-refractivity contribution is 0.506. The minimum Gasteiger partial charge on any atom is -0.457 e. The minimum absolute atomic E-state index is 0.0812. The second-order valence-corrected chi connectivity index (χ2v) is 4.86. The van der Waals surface area contributed by atoms with Crippen molar-refractivity contribution in [3.05, 3.63) is 57.7 Å². The first-order valence-electron chi connectivity index (χ1n) is 5.56. The molecular weight excluding hydrogens is 299 g/mol. The molecule has 0 aliphatic carbocycles. The highest BCUT2D eigenvalue weighted by atomic mass is 79.9. The summed E-state index contributed by atoms with van der Waals surface area (Å²) in [6, 6.07) is 6.53. The molecule has 1 unspecified atom stereocenters. The molecule has 0 saturated carbocycles. The lowest BCUT2D eigenvalue weighted by atomic mass is 9.98. The highest BCUT2D eigenvalue weighted by molar-refractivity contribution is 9.10. The van der Waals surface area contributed by atoms with E-state index in [-0.39, 0.29) is 11.9 Å². The van der Waals surface area contributed by atoms with E-state index >= 15 is 0 Å². The summed E-state index contributed by atoms with van der Waals surface area (Å²) in [5.74, 6) is 5.35. The Morgan fingerprint density at radius 3 is 2.78 bits per heavy atom. The van der Waals surface area contributed by atoms with E-state index in [4.69, 9.17) is 10.3 Å². The third-order valence-electron chi connectivity index (χ3n) is 2.95. The second-order valence-electron chi connectivity index (χ2n) is 4.14. The fourth-order valence-corrected chi connectivity index (χ4v) is 2.44. The van der Waals surface area contributed by atoms with E-state index in [1.54, 1.807) is 12.3 Å². The smallest absolute Gasteiger partial charge is 0.173 e. The van der Waals surface area contributed by atoms with Gasteiger partial charge in [-0.2, -0.15) is 0 Å². The van der Waals surface area contributed by atoms with Crippen molar-refractivity contribution in [3.8, 4) is 0 Å². The maximum atomic E-state index is 13.0. The van der Waals surface area contributed by atoms with Crippen molar-refractivity contribution >= 4 is 15.9 Å². The van der Waals surface area contributed by atoms with Crippen molar-refractivity contribution in [1.29, 1.82) is 0 Å². The van der Waals surface area contributed by atoms with Gasteiger partial charge >= 0.3 is 0 Å². The van der Waals surface area contributed by atoms with Crippen molar-refractivity contribution in [2.75, 3.05) is 0 Å². The molecule has 0 bridgehead atoms. The molecule has 3 N–H and O–H groups in total. The van der Waals surface area contributed by atoms with Crippen LogP contribution in [0.5, 0.6) is 0 Å². The number of aryl methyl sites for hydroxylation is 1. The van der Waals surface area contributed by atoms with Crippen LogP contribution in [0.15, 0.2) is 39.6 Å². The summed E-state index contributed by atoms with van der Waals surface area (Å²) >= 11 is 3.33. The number of halogens is 2. The van der Waals surface area contributed by atoms with Crippen LogP contribution in [0.2, 0.25) is 0 Å². The molecule has 0 aliphatic heterocycles. The van der Waals surface area contributed by atoms with Crippen molar-refractivity contribution in [2.24, 2.45) is 5.84 Å². The van der Waals surface area contributed by atoms with Crippen molar-refractivity contribution in [2.45, 2.75) is 19.4 Å². The zero-order chi connectivity index (χ0) is 13.1. The van der Waals surface area contributed by atoms with Crippen LogP contribution in [0.4, 0.5) is 4.39 Å². The van der Waals surface area contributed by atoms with Gasteiger partial charge in [-0.15, -0.1) is 0 Å². The Balaban J connectivity index is 2.23. The quantitative estimate of drug-likeness (QED) is 0.673. The maximum Gasteiger partial charge on any atom is 0.173 e. The number of rotatable bonds is 4. The number of nitrogens with two attached hydrogens (primary N) is 1. The van der Waals surface area contributed by atoms with E-state index in [1.807, 2.05) is 13.0 Å². The van der Waals surface area contributed by atoms with E-state index in [2.05, 4.69) is 21.4 Å². The second kappa shape index (κ2) is 5.65. The maximum absolute atomic E-state index is 13.0. The fourth-order valence-electron chi connectivity index (χ4n) is 1.92. The first-order valence-corrected chi connectivity index (χ1v) is 6.35. The number of hydrogen-bond donors (Lipinski definition) is 2. The zero-order valence-corrected chi connectivity index (χ0v) is 11.5.